The fourth-order valence-corrected chi connectivity index (χ4v) is 6.71. The second-order valence-electron chi connectivity index (χ2n) is 11.1. The molecule has 0 aromatic heterocycles. The van der Waals surface area contributed by atoms with Crippen molar-refractivity contribution >= 4 is 37.2 Å². The molecule has 0 heterocycles. The van der Waals surface area contributed by atoms with Crippen molar-refractivity contribution in [2.24, 2.45) is 0 Å². The van der Waals surface area contributed by atoms with E-state index in [0.29, 0.717) is 26.2 Å². The van der Waals surface area contributed by atoms with E-state index < -0.39 is 20.2 Å². The molecule has 0 radical (unpaired) electrons. The van der Waals surface area contributed by atoms with Crippen molar-refractivity contribution in [1.29, 1.82) is 0 Å². The van der Waals surface area contributed by atoms with E-state index in [2.05, 4.69) is 70.2 Å². The van der Waals surface area contributed by atoms with Crippen LogP contribution in [0.5, 0.6) is 0 Å². The Balaban J connectivity index is 0.00000325. The van der Waals surface area contributed by atoms with Gasteiger partial charge in [0.2, 0.25) is 0 Å². The van der Waals surface area contributed by atoms with E-state index in [9.17, 15) is 25.9 Å². The van der Waals surface area contributed by atoms with Crippen molar-refractivity contribution in [2.75, 3.05) is 18.0 Å². The van der Waals surface area contributed by atoms with E-state index in [4.69, 9.17) is 0 Å². The molecule has 49 heavy (non-hydrogen) atoms. The van der Waals surface area contributed by atoms with Crippen molar-refractivity contribution in [3.05, 3.63) is 155 Å². The van der Waals surface area contributed by atoms with E-state index in [1.165, 1.54) is 24.3 Å². The zero-order valence-electron chi connectivity index (χ0n) is 28.2. The molecular weight excluding hydrogens is 679 g/mol. The summed E-state index contributed by atoms with van der Waals surface area (Å²) in [5.74, 6) is 0. The Morgan fingerprint density at radius 1 is 0.653 bits per heavy atom. The molecule has 0 saturated heterocycles. The van der Waals surface area contributed by atoms with Gasteiger partial charge in [0, 0.05) is 36.5 Å². The van der Waals surface area contributed by atoms with Gasteiger partial charge in [0.05, 0.1) is 9.79 Å². The first-order valence-electron chi connectivity index (χ1n) is 15.2. The van der Waals surface area contributed by atoms with E-state index in [0.717, 1.165) is 44.8 Å². The smallest absolute Gasteiger partial charge is 0.367 e. The molecule has 0 fully saturated rings. The van der Waals surface area contributed by atoms with Gasteiger partial charge >= 0.3 is 59.1 Å². The average molecular weight is 716 g/mol. The molecule has 0 amide bonds. The van der Waals surface area contributed by atoms with Crippen LogP contribution in [0.4, 0.5) is 5.69 Å². The molecule has 12 heteroatoms. The molecule has 1 aliphatic rings. The van der Waals surface area contributed by atoms with E-state index in [1.54, 1.807) is 12.1 Å². The topological polar surface area (TPSA) is 115 Å². The van der Waals surface area contributed by atoms with Crippen LogP contribution in [-0.4, -0.2) is 49.3 Å². The fraction of sp³-hybridized carbons (Fsp3) is 0.162. The molecule has 0 aliphatic heterocycles. The minimum Gasteiger partial charge on any atom is -0.367 e. The third kappa shape index (κ3) is 10.7. The minimum absolute atomic E-state index is 0. The molecular formula is C37H37N2Na2O6S2+3. The normalized spacial score (nSPS) is 12.6. The SMILES string of the molecule is CCN(Cc1cccc(S(=O)(=O)O)c1)c1ccc(C(=C2C=CC(=[N+](CC)Cc3cccc(S(=O)(=O)O)c3)C=C2)c2ccccc2)cc1.[Na+].[Na+]. The predicted molar refractivity (Wildman–Crippen MR) is 186 cm³/mol. The van der Waals surface area contributed by atoms with Gasteiger partial charge in [0.25, 0.3) is 20.2 Å². The van der Waals surface area contributed by atoms with Crippen LogP contribution in [0.25, 0.3) is 5.57 Å². The molecule has 0 spiro atoms. The maximum Gasteiger partial charge on any atom is 1.00 e. The van der Waals surface area contributed by atoms with Gasteiger partial charge in [-0.25, -0.2) is 4.58 Å². The van der Waals surface area contributed by atoms with Crippen LogP contribution in [0.2, 0.25) is 0 Å². The van der Waals surface area contributed by atoms with Crippen molar-refractivity contribution in [3.8, 4) is 0 Å². The minimum atomic E-state index is -4.28. The van der Waals surface area contributed by atoms with Gasteiger partial charge in [0.15, 0.2) is 12.3 Å². The summed E-state index contributed by atoms with van der Waals surface area (Å²) in [5.41, 5.74) is 7.71. The molecule has 2 N–H and O–H groups in total. The van der Waals surface area contributed by atoms with Crippen molar-refractivity contribution in [2.45, 2.75) is 36.7 Å². The van der Waals surface area contributed by atoms with Crippen LogP contribution >= 0.6 is 0 Å². The number of benzene rings is 4. The van der Waals surface area contributed by atoms with Crippen molar-refractivity contribution in [1.82, 2.24) is 0 Å². The van der Waals surface area contributed by atoms with Crippen LogP contribution in [0.15, 0.2) is 143 Å². The summed E-state index contributed by atoms with van der Waals surface area (Å²) in [6.45, 7) is 6.41. The average Bonchev–Trinajstić information content (AvgIpc) is 3.07. The van der Waals surface area contributed by atoms with Gasteiger partial charge < -0.3 is 4.90 Å². The predicted octanol–water partition coefficient (Wildman–Crippen LogP) is 0.816. The summed E-state index contributed by atoms with van der Waals surface area (Å²) in [6.07, 6.45) is 8.29. The summed E-state index contributed by atoms with van der Waals surface area (Å²) < 4.78 is 67.6. The number of hydrogen-bond acceptors (Lipinski definition) is 5. The van der Waals surface area contributed by atoms with Gasteiger partial charge in [0.1, 0.15) is 6.54 Å². The van der Waals surface area contributed by atoms with E-state index in [-0.39, 0.29) is 68.9 Å². The molecule has 0 bridgehead atoms. The second kappa shape index (κ2) is 18.1. The van der Waals surface area contributed by atoms with Gasteiger partial charge in [-0.05, 0) is 90.2 Å². The molecule has 8 nitrogen and oxygen atoms in total. The Kier molecular flexibility index (Phi) is 15.0. The van der Waals surface area contributed by atoms with Gasteiger partial charge in [-0.15, -0.1) is 0 Å². The van der Waals surface area contributed by atoms with Crippen LogP contribution < -0.4 is 64.0 Å². The first-order valence-corrected chi connectivity index (χ1v) is 18.1. The van der Waals surface area contributed by atoms with Gasteiger partial charge in [-0.3, -0.25) is 9.11 Å². The number of rotatable bonds is 11. The van der Waals surface area contributed by atoms with Crippen molar-refractivity contribution < 1.29 is 89.6 Å². The standard InChI is InChI=1S/C37H36N2O6S2.2Na/c1-3-38(26-28-10-8-14-35(24-28)46(40,41)42)33-20-16-31(17-21-33)37(30-12-6-5-7-13-30)32-18-22-34(23-19-32)39(4-2)27-29-11-9-15-36(25-29)47(43,44)45;;/h5-25H,3-4,26-27H2,1-2H3,(H-,40,41,42,43,44,45);;/q;2*+1/p+1. The maximum atomic E-state index is 11.6. The van der Waals surface area contributed by atoms with Crippen LogP contribution in [0.3, 0.4) is 0 Å². The molecule has 242 valence electrons. The van der Waals surface area contributed by atoms with Gasteiger partial charge in [-0.1, -0.05) is 66.7 Å². The Bertz CT molecular complexity index is 2090. The third-order valence-corrected chi connectivity index (χ3v) is 9.71. The van der Waals surface area contributed by atoms with E-state index in [1.807, 2.05) is 44.2 Å². The summed E-state index contributed by atoms with van der Waals surface area (Å²) in [4.78, 5) is 1.89. The molecule has 1 aliphatic carbocycles. The Hall–Kier alpha value is -2.61. The quantitative estimate of drug-likeness (QED) is 0.134. The number of allylic oxidation sites excluding steroid dienone is 5. The summed E-state index contributed by atoms with van der Waals surface area (Å²) in [6, 6.07) is 31.1. The van der Waals surface area contributed by atoms with Crippen LogP contribution in [-0.2, 0) is 33.3 Å². The molecule has 4 aromatic carbocycles. The van der Waals surface area contributed by atoms with E-state index >= 15 is 0 Å². The Labute approximate surface area is 333 Å². The Morgan fingerprint density at radius 2 is 1.18 bits per heavy atom. The fourth-order valence-electron chi connectivity index (χ4n) is 5.60. The third-order valence-electron chi connectivity index (χ3n) is 8.01. The zero-order chi connectivity index (χ0) is 33.6. The maximum absolute atomic E-state index is 11.6. The molecule has 0 saturated carbocycles. The number of anilines is 1. The Morgan fingerprint density at radius 3 is 1.71 bits per heavy atom. The molecule has 5 rings (SSSR count). The van der Waals surface area contributed by atoms with Crippen LogP contribution in [0, 0.1) is 0 Å². The molecule has 0 atom stereocenters. The number of hydrogen-bond donors (Lipinski definition) is 2. The van der Waals surface area contributed by atoms with Crippen LogP contribution in [0.1, 0.15) is 36.1 Å². The first-order chi connectivity index (χ1) is 22.5. The number of nitrogens with zero attached hydrogens (tertiary/aromatic N) is 2. The largest absolute Gasteiger partial charge is 1.00 e. The second-order valence-corrected chi connectivity index (χ2v) is 14.0. The zero-order valence-corrected chi connectivity index (χ0v) is 33.8. The first kappa shape index (κ1) is 40.8. The monoisotopic (exact) mass is 715 g/mol. The van der Waals surface area contributed by atoms with Gasteiger partial charge in [-0.2, -0.15) is 16.8 Å². The summed E-state index contributed by atoms with van der Waals surface area (Å²) in [5, 5.41) is 0. The van der Waals surface area contributed by atoms with Crippen molar-refractivity contribution in [3.63, 3.8) is 0 Å². The summed E-state index contributed by atoms with van der Waals surface area (Å²) in [7, 11) is -8.57. The summed E-state index contributed by atoms with van der Waals surface area (Å²) >= 11 is 0. The molecule has 0 unspecified atom stereocenters. The molecule has 4 aromatic rings.